The Bertz CT molecular complexity index is 282. The normalized spacial score (nSPS) is 19.9. The van der Waals surface area contributed by atoms with E-state index in [-0.39, 0.29) is 11.3 Å². The van der Waals surface area contributed by atoms with Gasteiger partial charge in [-0.05, 0) is 38.3 Å². The molecule has 1 aliphatic rings. The van der Waals surface area contributed by atoms with Crippen molar-refractivity contribution in [3.8, 4) is 0 Å². The van der Waals surface area contributed by atoms with Crippen molar-refractivity contribution in [3.05, 3.63) is 12.2 Å². The Kier molecular flexibility index (Phi) is 5.19. The highest BCUT2D eigenvalue weighted by molar-refractivity contribution is 5.76. The summed E-state index contributed by atoms with van der Waals surface area (Å²) in [5, 5.41) is 3.06. The summed E-state index contributed by atoms with van der Waals surface area (Å²) in [4.78, 5) is 13.9. The number of carbonyl (C=O) groups is 1. The van der Waals surface area contributed by atoms with Gasteiger partial charge in [0.2, 0.25) is 5.91 Å². The molecule has 0 aromatic rings. The van der Waals surface area contributed by atoms with E-state index in [1.54, 1.807) is 0 Å². The number of nitrogens with zero attached hydrogens (tertiary/aromatic N) is 1. The molecular formula is C14H26N2O. The average molecular weight is 238 g/mol. The molecule has 3 nitrogen and oxygen atoms in total. The fourth-order valence-corrected chi connectivity index (χ4v) is 2.43. The largest absolute Gasteiger partial charge is 0.356 e. The summed E-state index contributed by atoms with van der Waals surface area (Å²) in [6, 6.07) is 0. The molecule has 0 aliphatic heterocycles. The Hall–Kier alpha value is -0.830. The molecule has 1 atom stereocenters. The van der Waals surface area contributed by atoms with Crippen LogP contribution in [0.15, 0.2) is 12.2 Å². The Morgan fingerprint density at radius 2 is 2.18 bits per heavy atom. The van der Waals surface area contributed by atoms with Crippen LogP contribution >= 0.6 is 0 Å². The van der Waals surface area contributed by atoms with Gasteiger partial charge in [0.25, 0.3) is 0 Å². The molecule has 1 aliphatic carbocycles. The molecule has 98 valence electrons. The summed E-state index contributed by atoms with van der Waals surface area (Å²) in [5.41, 5.74) is 0.130. The zero-order valence-electron chi connectivity index (χ0n) is 11.6. The molecule has 0 spiro atoms. The third kappa shape index (κ3) is 5.87. The first-order chi connectivity index (χ1) is 7.89. The van der Waals surface area contributed by atoms with Gasteiger partial charge in [-0.2, -0.15) is 0 Å². The number of hydrogen-bond acceptors (Lipinski definition) is 2. The quantitative estimate of drug-likeness (QED) is 0.718. The van der Waals surface area contributed by atoms with E-state index in [4.69, 9.17) is 0 Å². The molecule has 0 fully saturated rings. The summed E-state index contributed by atoms with van der Waals surface area (Å²) in [6.07, 6.45) is 7.26. The monoisotopic (exact) mass is 238 g/mol. The molecule has 0 heterocycles. The van der Waals surface area contributed by atoms with Crippen LogP contribution in [-0.4, -0.2) is 38.0 Å². The molecule has 1 rings (SSSR count). The highest BCUT2D eigenvalue weighted by Gasteiger charge is 2.21. The van der Waals surface area contributed by atoms with E-state index >= 15 is 0 Å². The smallest absolute Gasteiger partial charge is 0.220 e. The first-order valence-electron chi connectivity index (χ1n) is 6.47. The lowest BCUT2D eigenvalue weighted by Crippen LogP contribution is -2.40. The third-order valence-corrected chi connectivity index (χ3v) is 3.07. The summed E-state index contributed by atoms with van der Waals surface area (Å²) in [6.45, 7) is 6.10. The average Bonchev–Trinajstić information content (AvgIpc) is 2.65. The van der Waals surface area contributed by atoms with Crippen LogP contribution in [0.4, 0.5) is 0 Å². The van der Waals surface area contributed by atoms with Crippen LogP contribution in [0.2, 0.25) is 0 Å². The minimum Gasteiger partial charge on any atom is -0.356 e. The van der Waals surface area contributed by atoms with E-state index in [1.165, 1.54) is 0 Å². The molecule has 0 bridgehead atoms. The number of nitrogens with one attached hydrogen (secondary N) is 1. The van der Waals surface area contributed by atoms with Gasteiger partial charge in [-0.25, -0.2) is 0 Å². The topological polar surface area (TPSA) is 32.3 Å². The van der Waals surface area contributed by atoms with Crippen LogP contribution < -0.4 is 5.32 Å². The van der Waals surface area contributed by atoms with Gasteiger partial charge in [0, 0.05) is 19.5 Å². The van der Waals surface area contributed by atoms with E-state index in [0.717, 1.165) is 25.9 Å². The second-order valence-electron chi connectivity index (χ2n) is 6.15. The first-order valence-corrected chi connectivity index (χ1v) is 6.47. The lowest BCUT2D eigenvalue weighted by Gasteiger charge is -2.28. The van der Waals surface area contributed by atoms with E-state index in [2.05, 4.69) is 50.3 Å². The molecule has 0 aromatic carbocycles. The van der Waals surface area contributed by atoms with E-state index in [0.29, 0.717) is 12.3 Å². The van der Waals surface area contributed by atoms with Crippen molar-refractivity contribution in [3.63, 3.8) is 0 Å². The predicted octanol–water partition coefficient (Wildman–Crippen LogP) is 2.05. The van der Waals surface area contributed by atoms with Crippen LogP contribution in [0.1, 0.15) is 33.1 Å². The van der Waals surface area contributed by atoms with Gasteiger partial charge in [-0.3, -0.25) is 4.79 Å². The summed E-state index contributed by atoms with van der Waals surface area (Å²) in [5.74, 6) is 0.653. The predicted molar refractivity (Wildman–Crippen MR) is 71.8 cm³/mol. The van der Waals surface area contributed by atoms with Crippen LogP contribution in [0, 0.1) is 11.3 Å². The van der Waals surface area contributed by atoms with Gasteiger partial charge in [0.05, 0.1) is 0 Å². The first kappa shape index (κ1) is 14.2. The highest BCUT2D eigenvalue weighted by Crippen LogP contribution is 2.20. The maximum absolute atomic E-state index is 11.8. The van der Waals surface area contributed by atoms with Crippen molar-refractivity contribution in [2.75, 3.05) is 27.2 Å². The van der Waals surface area contributed by atoms with Gasteiger partial charge in [-0.1, -0.05) is 26.0 Å². The molecule has 1 amide bonds. The van der Waals surface area contributed by atoms with Gasteiger partial charge < -0.3 is 10.2 Å². The number of amides is 1. The number of hydrogen-bond donors (Lipinski definition) is 1. The molecule has 0 saturated carbocycles. The Morgan fingerprint density at radius 3 is 2.71 bits per heavy atom. The van der Waals surface area contributed by atoms with Crippen LogP contribution in [0.25, 0.3) is 0 Å². The fourth-order valence-electron chi connectivity index (χ4n) is 2.43. The van der Waals surface area contributed by atoms with E-state index in [9.17, 15) is 4.79 Å². The molecule has 0 radical (unpaired) electrons. The second-order valence-corrected chi connectivity index (χ2v) is 6.15. The fraction of sp³-hybridized carbons (Fsp3) is 0.786. The SMILES string of the molecule is CN(C)CC(C)(C)CNC(=O)CC1C=CCC1. The maximum atomic E-state index is 11.8. The number of rotatable bonds is 6. The number of carbonyl (C=O) groups excluding carboxylic acids is 1. The molecular weight excluding hydrogens is 212 g/mol. The minimum absolute atomic E-state index is 0.130. The van der Waals surface area contributed by atoms with E-state index in [1.807, 2.05) is 0 Å². The summed E-state index contributed by atoms with van der Waals surface area (Å²) >= 11 is 0. The molecule has 1 N–H and O–H groups in total. The zero-order valence-corrected chi connectivity index (χ0v) is 11.6. The Balaban J connectivity index is 2.24. The highest BCUT2D eigenvalue weighted by atomic mass is 16.1. The van der Waals surface area contributed by atoms with Crippen molar-refractivity contribution < 1.29 is 4.79 Å². The molecule has 1 unspecified atom stereocenters. The summed E-state index contributed by atoms with van der Waals surface area (Å²) < 4.78 is 0. The minimum atomic E-state index is 0.130. The van der Waals surface area contributed by atoms with Gasteiger partial charge in [0.1, 0.15) is 0 Å². The van der Waals surface area contributed by atoms with Crippen molar-refractivity contribution >= 4 is 5.91 Å². The van der Waals surface area contributed by atoms with Crippen LogP contribution in [0.5, 0.6) is 0 Å². The maximum Gasteiger partial charge on any atom is 0.220 e. The summed E-state index contributed by atoms with van der Waals surface area (Å²) in [7, 11) is 4.12. The van der Waals surface area contributed by atoms with Crippen LogP contribution in [-0.2, 0) is 4.79 Å². The van der Waals surface area contributed by atoms with Crippen molar-refractivity contribution in [2.45, 2.75) is 33.1 Å². The Labute approximate surface area is 105 Å². The van der Waals surface area contributed by atoms with Gasteiger partial charge in [-0.15, -0.1) is 0 Å². The lowest BCUT2D eigenvalue weighted by atomic mass is 9.92. The van der Waals surface area contributed by atoms with Gasteiger partial charge >= 0.3 is 0 Å². The van der Waals surface area contributed by atoms with E-state index < -0.39 is 0 Å². The number of allylic oxidation sites excluding steroid dienone is 2. The molecule has 17 heavy (non-hydrogen) atoms. The van der Waals surface area contributed by atoms with Crippen molar-refractivity contribution in [2.24, 2.45) is 11.3 Å². The zero-order chi connectivity index (χ0) is 12.9. The van der Waals surface area contributed by atoms with Crippen molar-refractivity contribution in [1.29, 1.82) is 0 Å². The lowest BCUT2D eigenvalue weighted by molar-refractivity contribution is -0.122. The van der Waals surface area contributed by atoms with Gasteiger partial charge in [0.15, 0.2) is 0 Å². The molecule has 0 aromatic heterocycles. The molecule has 0 saturated heterocycles. The van der Waals surface area contributed by atoms with Crippen molar-refractivity contribution in [1.82, 2.24) is 10.2 Å². The standard InChI is InChI=1S/C14H26N2O/c1-14(2,11-16(3)4)10-15-13(17)9-12-7-5-6-8-12/h5,7,12H,6,8-11H2,1-4H3,(H,15,17). The third-order valence-electron chi connectivity index (χ3n) is 3.07. The van der Waals surface area contributed by atoms with Crippen LogP contribution in [0.3, 0.4) is 0 Å². The Morgan fingerprint density at radius 1 is 1.47 bits per heavy atom. The second kappa shape index (κ2) is 6.20. The molecule has 3 heteroatoms.